The molecule has 0 aromatic carbocycles. The molecule has 1 amide bonds. The molecule has 0 radical (unpaired) electrons. The van der Waals surface area contributed by atoms with Gasteiger partial charge in [-0.25, -0.2) is 4.98 Å². The van der Waals surface area contributed by atoms with Crippen molar-refractivity contribution in [2.45, 2.75) is 45.3 Å². The number of likely N-dealkylation sites (tertiary alicyclic amines) is 1. The Balaban J connectivity index is 0.00000162. The molecular formula is C12H22Cl2N4O. The van der Waals surface area contributed by atoms with Gasteiger partial charge in [0.25, 0.3) is 0 Å². The van der Waals surface area contributed by atoms with Gasteiger partial charge < -0.3 is 15.2 Å². The van der Waals surface area contributed by atoms with Gasteiger partial charge in [0.05, 0.1) is 6.04 Å². The molecule has 0 spiro atoms. The number of nitrogens with two attached hydrogens (primary N) is 1. The van der Waals surface area contributed by atoms with E-state index in [2.05, 4.69) is 9.55 Å². The third-order valence-electron chi connectivity index (χ3n) is 3.38. The maximum absolute atomic E-state index is 11.9. The summed E-state index contributed by atoms with van der Waals surface area (Å²) in [5.74, 6) is 1.05. The van der Waals surface area contributed by atoms with Crippen molar-refractivity contribution < 1.29 is 4.79 Å². The fourth-order valence-corrected chi connectivity index (χ4v) is 2.40. The Labute approximate surface area is 126 Å². The van der Waals surface area contributed by atoms with Gasteiger partial charge in [0.1, 0.15) is 5.82 Å². The van der Waals surface area contributed by atoms with Crippen LogP contribution in [0, 0.1) is 6.92 Å². The maximum Gasteiger partial charge on any atom is 0.239 e. The molecule has 2 rings (SSSR count). The van der Waals surface area contributed by atoms with Crippen LogP contribution in [0.3, 0.4) is 0 Å². The summed E-state index contributed by atoms with van der Waals surface area (Å²) in [6.45, 7) is 5.38. The van der Waals surface area contributed by atoms with Crippen molar-refractivity contribution >= 4 is 30.7 Å². The Morgan fingerprint density at radius 2 is 2.26 bits per heavy atom. The molecule has 2 heterocycles. The van der Waals surface area contributed by atoms with Crippen molar-refractivity contribution in [2.24, 2.45) is 5.73 Å². The topological polar surface area (TPSA) is 64.2 Å². The van der Waals surface area contributed by atoms with Gasteiger partial charge in [0.2, 0.25) is 5.91 Å². The fourth-order valence-electron chi connectivity index (χ4n) is 2.40. The third-order valence-corrected chi connectivity index (χ3v) is 3.38. The highest BCUT2D eigenvalue weighted by Gasteiger charge is 2.30. The predicted molar refractivity (Wildman–Crippen MR) is 79.8 cm³/mol. The summed E-state index contributed by atoms with van der Waals surface area (Å²) in [6.07, 6.45) is 5.87. The van der Waals surface area contributed by atoms with Gasteiger partial charge in [-0.3, -0.25) is 4.79 Å². The van der Waals surface area contributed by atoms with Gasteiger partial charge in [0, 0.05) is 31.5 Å². The van der Waals surface area contributed by atoms with Crippen LogP contribution in [0.2, 0.25) is 0 Å². The Morgan fingerprint density at radius 3 is 2.79 bits per heavy atom. The summed E-state index contributed by atoms with van der Waals surface area (Å²) >= 11 is 0. The molecule has 5 nitrogen and oxygen atoms in total. The summed E-state index contributed by atoms with van der Waals surface area (Å²) in [6, 6.07) is -0.138. The van der Waals surface area contributed by atoms with Gasteiger partial charge in [-0.1, -0.05) is 0 Å². The molecule has 2 N–H and O–H groups in total. The Kier molecular flexibility index (Phi) is 7.41. The van der Waals surface area contributed by atoms with E-state index in [-0.39, 0.29) is 36.8 Å². The number of halogens is 2. The minimum Gasteiger partial charge on any atom is -0.337 e. The summed E-state index contributed by atoms with van der Waals surface area (Å²) in [5, 5.41) is 0. The Hall–Kier alpha value is -0.780. The summed E-state index contributed by atoms with van der Waals surface area (Å²) in [4.78, 5) is 18.1. The van der Waals surface area contributed by atoms with Crippen LogP contribution in [0.4, 0.5) is 0 Å². The molecule has 1 aliphatic heterocycles. The van der Waals surface area contributed by atoms with Crippen LogP contribution in [0.1, 0.15) is 25.6 Å². The van der Waals surface area contributed by atoms with Crippen molar-refractivity contribution in [1.29, 1.82) is 0 Å². The number of aromatic nitrogens is 2. The largest absolute Gasteiger partial charge is 0.337 e. The predicted octanol–water partition coefficient (Wildman–Crippen LogP) is 1.37. The maximum atomic E-state index is 11.9. The number of hydrogen-bond donors (Lipinski definition) is 1. The summed E-state index contributed by atoms with van der Waals surface area (Å²) < 4.78 is 2.09. The van der Waals surface area contributed by atoms with E-state index < -0.39 is 6.04 Å². The van der Waals surface area contributed by atoms with Crippen molar-refractivity contribution in [3.05, 3.63) is 18.2 Å². The van der Waals surface area contributed by atoms with Gasteiger partial charge in [-0.05, 0) is 26.7 Å². The number of imidazole rings is 1. The lowest BCUT2D eigenvalue weighted by molar-refractivity contribution is -0.133. The molecule has 19 heavy (non-hydrogen) atoms. The highest BCUT2D eigenvalue weighted by Crippen LogP contribution is 2.20. The van der Waals surface area contributed by atoms with Crippen LogP contribution < -0.4 is 5.73 Å². The fraction of sp³-hybridized carbons (Fsp3) is 0.667. The zero-order valence-electron chi connectivity index (χ0n) is 11.3. The number of rotatable bonds is 3. The molecule has 0 bridgehead atoms. The monoisotopic (exact) mass is 308 g/mol. The molecule has 1 aromatic rings. The van der Waals surface area contributed by atoms with E-state index in [1.807, 2.05) is 18.0 Å². The van der Waals surface area contributed by atoms with Crippen LogP contribution in [0.25, 0.3) is 0 Å². The average molecular weight is 309 g/mol. The van der Waals surface area contributed by atoms with E-state index in [1.54, 1.807) is 13.1 Å². The number of amides is 1. The molecule has 0 aliphatic carbocycles. The first-order chi connectivity index (χ1) is 8.09. The van der Waals surface area contributed by atoms with Crippen LogP contribution in [0.5, 0.6) is 0 Å². The zero-order chi connectivity index (χ0) is 12.4. The lowest BCUT2D eigenvalue weighted by Crippen LogP contribution is -2.45. The van der Waals surface area contributed by atoms with Gasteiger partial charge >= 0.3 is 0 Å². The molecule has 0 saturated carbocycles. The lowest BCUT2D eigenvalue weighted by atomic mass is 10.2. The van der Waals surface area contributed by atoms with E-state index in [0.29, 0.717) is 0 Å². The minimum atomic E-state index is -0.403. The van der Waals surface area contributed by atoms with Gasteiger partial charge in [-0.2, -0.15) is 0 Å². The molecular weight excluding hydrogens is 287 g/mol. The first-order valence-corrected chi connectivity index (χ1v) is 6.13. The molecule has 1 unspecified atom stereocenters. The Morgan fingerprint density at radius 1 is 1.58 bits per heavy atom. The number of carbonyl (C=O) groups excluding carboxylic acids is 1. The Bertz CT molecular complexity index is 408. The van der Waals surface area contributed by atoms with Crippen molar-refractivity contribution in [3.63, 3.8) is 0 Å². The normalized spacial score (nSPS) is 19.5. The highest BCUT2D eigenvalue weighted by atomic mass is 35.5. The van der Waals surface area contributed by atoms with Crippen LogP contribution >= 0.6 is 24.8 Å². The highest BCUT2D eigenvalue weighted by molar-refractivity contribution is 5.85. The minimum absolute atomic E-state index is 0. The van der Waals surface area contributed by atoms with Gasteiger partial charge in [-0.15, -0.1) is 24.8 Å². The molecule has 7 heteroatoms. The van der Waals surface area contributed by atoms with Gasteiger partial charge in [0.15, 0.2) is 0 Å². The zero-order valence-corrected chi connectivity index (χ0v) is 12.9. The van der Waals surface area contributed by atoms with Crippen LogP contribution in [-0.2, 0) is 11.3 Å². The molecule has 1 aromatic heterocycles. The number of hydrogen-bond acceptors (Lipinski definition) is 3. The van der Waals surface area contributed by atoms with E-state index in [0.717, 1.165) is 31.8 Å². The summed E-state index contributed by atoms with van der Waals surface area (Å²) in [5.41, 5.74) is 5.67. The second-order valence-corrected chi connectivity index (χ2v) is 4.74. The first-order valence-electron chi connectivity index (χ1n) is 6.13. The molecule has 2 atom stereocenters. The standard InChI is InChI=1S/C12H20N4O.2ClH/c1-9(13)12(17)16-6-3-4-11(16)8-15-7-5-14-10(15)2;;/h5,7,9,11H,3-4,6,8,13H2,1-2H3;2*1H/t9-,11?;;/m1../s1. The molecule has 1 fully saturated rings. The first kappa shape index (κ1) is 18.2. The number of aryl methyl sites for hydroxylation is 1. The van der Waals surface area contributed by atoms with Crippen molar-refractivity contribution in [1.82, 2.24) is 14.5 Å². The molecule has 110 valence electrons. The average Bonchev–Trinajstić information content (AvgIpc) is 2.88. The quantitative estimate of drug-likeness (QED) is 0.917. The smallest absolute Gasteiger partial charge is 0.239 e. The van der Waals surface area contributed by atoms with Crippen molar-refractivity contribution in [3.8, 4) is 0 Å². The lowest BCUT2D eigenvalue weighted by Gasteiger charge is -2.26. The SMILES string of the molecule is Cc1nccn1CC1CCCN1C(=O)[C@@H](C)N.Cl.Cl. The van der Waals surface area contributed by atoms with Crippen LogP contribution in [0.15, 0.2) is 12.4 Å². The second-order valence-electron chi connectivity index (χ2n) is 4.74. The van der Waals surface area contributed by atoms with E-state index in [1.165, 1.54) is 0 Å². The second kappa shape index (κ2) is 7.72. The number of carbonyl (C=O) groups is 1. The van der Waals surface area contributed by atoms with E-state index in [9.17, 15) is 4.79 Å². The molecule has 1 saturated heterocycles. The molecule has 1 aliphatic rings. The van der Waals surface area contributed by atoms with Crippen molar-refractivity contribution in [2.75, 3.05) is 6.54 Å². The summed E-state index contributed by atoms with van der Waals surface area (Å²) in [7, 11) is 0. The van der Waals surface area contributed by atoms with E-state index >= 15 is 0 Å². The van der Waals surface area contributed by atoms with Crippen LogP contribution in [-0.4, -0.2) is 39.0 Å². The van der Waals surface area contributed by atoms with E-state index in [4.69, 9.17) is 5.73 Å². The third kappa shape index (κ3) is 4.09. The number of nitrogens with zero attached hydrogens (tertiary/aromatic N) is 3.